The van der Waals surface area contributed by atoms with Crippen LogP contribution in [0.1, 0.15) is 12.5 Å². The van der Waals surface area contributed by atoms with Gasteiger partial charge in [-0.2, -0.15) is 5.10 Å². The van der Waals surface area contributed by atoms with Crippen molar-refractivity contribution in [1.82, 2.24) is 4.68 Å². The highest BCUT2D eigenvalue weighted by molar-refractivity contribution is 7.07. The Balaban J connectivity index is 1.82. The summed E-state index contributed by atoms with van der Waals surface area (Å²) in [5.74, 6) is 1.37. The maximum atomic E-state index is 10.2. The van der Waals surface area contributed by atoms with E-state index < -0.39 is 0 Å². The first-order valence-electron chi connectivity index (χ1n) is 10.9. The van der Waals surface area contributed by atoms with Crippen molar-refractivity contribution in [2.24, 2.45) is 10.1 Å². The molecule has 3 aromatic carbocycles. The van der Waals surface area contributed by atoms with Crippen molar-refractivity contribution in [3.8, 4) is 34.3 Å². The van der Waals surface area contributed by atoms with E-state index in [2.05, 4.69) is 24.8 Å². The van der Waals surface area contributed by atoms with E-state index >= 15 is 0 Å². The van der Waals surface area contributed by atoms with E-state index in [0.717, 1.165) is 38.2 Å². The fourth-order valence-electron chi connectivity index (χ4n) is 3.54. The Hall–Kier alpha value is -4.04. The van der Waals surface area contributed by atoms with Crippen molar-refractivity contribution in [1.29, 1.82) is 0 Å². The molecule has 0 fully saturated rings. The zero-order chi connectivity index (χ0) is 24.9. The molecular formula is C27H27N3O4S. The minimum absolute atomic E-state index is 0.0547. The van der Waals surface area contributed by atoms with Crippen LogP contribution in [-0.2, 0) is 0 Å². The van der Waals surface area contributed by atoms with Crippen LogP contribution in [0.25, 0.3) is 22.0 Å². The number of hydrogen-bond acceptors (Lipinski definition) is 7. The molecule has 0 saturated heterocycles. The molecule has 7 nitrogen and oxygen atoms in total. The maximum Gasteiger partial charge on any atom is 0.206 e. The van der Waals surface area contributed by atoms with E-state index in [9.17, 15) is 5.11 Å². The van der Waals surface area contributed by atoms with Gasteiger partial charge in [0.2, 0.25) is 10.6 Å². The Morgan fingerprint density at radius 1 is 1.00 bits per heavy atom. The molecule has 0 bridgehead atoms. The van der Waals surface area contributed by atoms with Gasteiger partial charge < -0.3 is 19.3 Å². The lowest BCUT2D eigenvalue weighted by molar-refractivity contribution is 0.340. The second kappa shape index (κ2) is 10.5. The number of methoxy groups -OCH3 is 3. The Kier molecular flexibility index (Phi) is 7.22. The minimum Gasteiger partial charge on any atom is -0.502 e. The summed E-state index contributed by atoms with van der Waals surface area (Å²) in [6, 6.07) is 15.6. The van der Waals surface area contributed by atoms with Crippen molar-refractivity contribution in [2.75, 3.05) is 27.9 Å². The van der Waals surface area contributed by atoms with Crippen LogP contribution >= 0.6 is 11.3 Å². The predicted octanol–water partition coefficient (Wildman–Crippen LogP) is 5.46. The molecular weight excluding hydrogens is 462 g/mol. The summed E-state index contributed by atoms with van der Waals surface area (Å²) < 4.78 is 17.7. The summed E-state index contributed by atoms with van der Waals surface area (Å²) in [7, 11) is 4.65. The number of aromatic hydroxyl groups is 1. The molecule has 0 spiro atoms. The maximum absolute atomic E-state index is 10.2. The number of fused-ring (bicyclic) bond motifs is 1. The molecule has 0 atom stereocenters. The van der Waals surface area contributed by atoms with Crippen molar-refractivity contribution in [3.63, 3.8) is 0 Å². The molecule has 4 aromatic rings. The SMILES string of the molecule is C=C(C)CN=c1scc(-c2ccc3cc(OC)ccc3c2)n1N=Cc1cc(OC)c(O)c(OC)c1. The van der Waals surface area contributed by atoms with Gasteiger partial charge in [-0.05, 0) is 48.0 Å². The quantitative estimate of drug-likeness (QED) is 0.263. The molecule has 0 aliphatic carbocycles. The summed E-state index contributed by atoms with van der Waals surface area (Å²) >= 11 is 1.51. The van der Waals surface area contributed by atoms with Crippen molar-refractivity contribution >= 4 is 28.3 Å². The molecule has 35 heavy (non-hydrogen) atoms. The third-order valence-corrected chi connectivity index (χ3v) is 6.19. The second-order valence-corrected chi connectivity index (χ2v) is 8.77. The lowest BCUT2D eigenvalue weighted by Gasteiger charge is -2.09. The van der Waals surface area contributed by atoms with E-state index in [1.165, 1.54) is 25.6 Å². The first-order valence-corrected chi connectivity index (χ1v) is 11.7. The first kappa shape index (κ1) is 24.1. The van der Waals surface area contributed by atoms with Crippen molar-refractivity contribution in [2.45, 2.75) is 6.92 Å². The standard InChI is InChI=1S/C27H27N3O4S/c1-17(2)14-28-27-30(29-15-18-10-24(33-4)26(31)25(11-18)34-5)23(16-35-27)21-7-6-20-13-22(32-3)9-8-19(20)12-21/h6-13,15-16,31H,1,14H2,2-5H3. The Morgan fingerprint density at radius 3 is 2.34 bits per heavy atom. The number of ether oxygens (including phenoxy) is 3. The lowest BCUT2D eigenvalue weighted by Crippen LogP contribution is -2.13. The molecule has 0 radical (unpaired) electrons. The minimum atomic E-state index is -0.0547. The van der Waals surface area contributed by atoms with E-state index in [-0.39, 0.29) is 5.75 Å². The lowest BCUT2D eigenvalue weighted by atomic mass is 10.1. The fourth-order valence-corrected chi connectivity index (χ4v) is 4.38. The fraction of sp³-hybridized carbons (Fsp3) is 0.185. The molecule has 1 heterocycles. The number of benzene rings is 3. The average molecular weight is 490 g/mol. The molecule has 0 aliphatic rings. The van der Waals surface area contributed by atoms with Gasteiger partial charge in [-0.1, -0.05) is 30.4 Å². The number of nitrogens with zero attached hydrogens (tertiary/aromatic N) is 3. The summed E-state index contributed by atoms with van der Waals surface area (Å²) in [4.78, 5) is 5.44. The Labute approximate surface area is 207 Å². The molecule has 0 saturated carbocycles. The zero-order valence-electron chi connectivity index (χ0n) is 20.1. The van der Waals surface area contributed by atoms with Crippen LogP contribution in [0.2, 0.25) is 0 Å². The highest BCUT2D eigenvalue weighted by Gasteiger charge is 2.12. The van der Waals surface area contributed by atoms with Crippen LogP contribution in [-0.4, -0.2) is 43.9 Å². The van der Waals surface area contributed by atoms with Gasteiger partial charge in [-0.15, -0.1) is 11.3 Å². The summed E-state index contributed by atoms with van der Waals surface area (Å²) in [6.45, 7) is 6.41. The summed E-state index contributed by atoms with van der Waals surface area (Å²) in [5.41, 5.74) is 3.58. The monoisotopic (exact) mass is 489 g/mol. The third-order valence-electron chi connectivity index (χ3n) is 5.34. The van der Waals surface area contributed by atoms with Gasteiger partial charge in [-0.3, -0.25) is 4.99 Å². The van der Waals surface area contributed by atoms with Crippen LogP contribution in [0.3, 0.4) is 0 Å². The van der Waals surface area contributed by atoms with Crippen LogP contribution < -0.4 is 19.0 Å². The van der Waals surface area contributed by atoms with Crippen LogP contribution in [0.15, 0.2) is 76.2 Å². The van der Waals surface area contributed by atoms with Crippen LogP contribution in [0.4, 0.5) is 0 Å². The molecule has 1 N–H and O–H groups in total. The first-order chi connectivity index (χ1) is 16.9. The number of rotatable bonds is 8. The molecule has 0 unspecified atom stereocenters. The van der Waals surface area contributed by atoms with Crippen LogP contribution in [0, 0.1) is 0 Å². The molecule has 4 rings (SSSR count). The highest BCUT2D eigenvalue weighted by Crippen LogP contribution is 2.36. The van der Waals surface area contributed by atoms with Gasteiger partial charge in [0, 0.05) is 16.5 Å². The number of phenolic OH excluding ortho intramolecular Hbond substituents is 1. The topological polar surface area (TPSA) is 77.6 Å². The van der Waals surface area contributed by atoms with E-state index in [1.807, 2.05) is 35.2 Å². The Bertz CT molecular complexity index is 1460. The van der Waals surface area contributed by atoms with Gasteiger partial charge in [0.1, 0.15) is 5.75 Å². The van der Waals surface area contributed by atoms with Gasteiger partial charge in [0.15, 0.2) is 11.5 Å². The smallest absolute Gasteiger partial charge is 0.206 e. The number of aromatic nitrogens is 1. The summed E-state index contributed by atoms with van der Waals surface area (Å²) in [6.07, 6.45) is 1.69. The average Bonchev–Trinajstić information content (AvgIpc) is 3.28. The molecule has 1 aromatic heterocycles. The van der Waals surface area contributed by atoms with E-state index in [1.54, 1.807) is 25.5 Å². The van der Waals surface area contributed by atoms with Crippen molar-refractivity contribution < 1.29 is 19.3 Å². The molecule has 0 amide bonds. The van der Waals surface area contributed by atoms with Crippen LogP contribution in [0.5, 0.6) is 23.0 Å². The zero-order valence-corrected chi connectivity index (χ0v) is 20.9. The van der Waals surface area contributed by atoms with Gasteiger partial charge in [0.05, 0.1) is 39.8 Å². The third kappa shape index (κ3) is 5.22. The predicted molar refractivity (Wildman–Crippen MR) is 141 cm³/mol. The van der Waals surface area contributed by atoms with E-state index in [0.29, 0.717) is 23.6 Å². The summed E-state index contributed by atoms with van der Waals surface area (Å²) in [5, 5.41) is 19.2. The second-order valence-electron chi connectivity index (χ2n) is 7.94. The molecule has 0 aliphatic heterocycles. The van der Waals surface area contributed by atoms with E-state index in [4.69, 9.17) is 24.3 Å². The van der Waals surface area contributed by atoms with Gasteiger partial charge in [0.25, 0.3) is 0 Å². The normalized spacial score (nSPS) is 11.8. The highest BCUT2D eigenvalue weighted by atomic mass is 32.1. The number of hydrogen-bond donors (Lipinski definition) is 1. The molecule has 8 heteroatoms. The van der Waals surface area contributed by atoms with Crippen molar-refractivity contribution in [3.05, 3.63) is 76.4 Å². The molecule has 180 valence electrons. The number of phenols is 1. The van der Waals surface area contributed by atoms with Gasteiger partial charge >= 0.3 is 0 Å². The Morgan fingerprint density at radius 2 is 1.69 bits per heavy atom. The largest absolute Gasteiger partial charge is 0.502 e. The van der Waals surface area contributed by atoms with Gasteiger partial charge in [-0.25, -0.2) is 4.68 Å². The number of thiazole rings is 1.